The topological polar surface area (TPSA) is 121 Å². The second-order valence-electron chi connectivity index (χ2n) is 5.74. The lowest BCUT2D eigenvalue weighted by atomic mass is 10.2. The van der Waals surface area contributed by atoms with Gasteiger partial charge < -0.3 is 19.4 Å². The van der Waals surface area contributed by atoms with Crippen LogP contribution in [0.5, 0.6) is 0 Å². The van der Waals surface area contributed by atoms with Gasteiger partial charge in [-0.15, -0.1) is 0 Å². The van der Waals surface area contributed by atoms with E-state index in [0.29, 0.717) is 5.52 Å². The van der Waals surface area contributed by atoms with E-state index in [1.54, 1.807) is 24.4 Å². The van der Waals surface area contributed by atoms with Crippen molar-refractivity contribution < 1.29 is 14.6 Å². The van der Waals surface area contributed by atoms with Crippen molar-refractivity contribution in [2.45, 2.75) is 19.9 Å². The highest BCUT2D eigenvalue weighted by Gasteiger charge is 2.15. The van der Waals surface area contributed by atoms with Crippen molar-refractivity contribution in [3.05, 3.63) is 56.6 Å². The van der Waals surface area contributed by atoms with Crippen LogP contribution in [0, 0.1) is 18.3 Å². The number of imidazole rings is 1. The number of aliphatic hydroxyl groups excluding tert-OH is 1. The molecule has 138 valence electrons. The van der Waals surface area contributed by atoms with E-state index < -0.39 is 18.3 Å². The van der Waals surface area contributed by atoms with Gasteiger partial charge in [-0.25, -0.2) is 4.98 Å². The molecule has 0 spiro atoms. The lowest BCUT2D eigenvalue weighted by Crippen LogP contribution is -2.18. The monoisotopic (exact) mass is 384 g/mol. The van der Waals surface area contributed by atoms with Crippen LogP contribution < -0.4 is 4.87 Å². The number of rotatable bonds is 6. The highest BCUT2D eigenvalue weighted by atomic mass is 32.1. The molecule has 3 rings (SSSR count). The van der Waals surface area contributed by atoms with E-state index in [1.807, 2.05) is 18.2 Å². The van der Waals surface area contributed by atoms with Crippen LogP contribution in [0.3, 0.4) is 0 Å². The van der Waals surface area contributed by atoms with E-state index in [2.05, 4.69) is 9.97 Å². The molecular formula is C18H16N4O4S. The quantitative estimate of drug-likeness (QED) is 0.383. The van der Waals surface area contributed by atoms with Crippen LogP contribution in [-0.4, -0.2) is 32.2 Å². The number of allylic oxidation sites excluding steroid dienone is 1. The summed E-state index contributed by atoms with van der Waals surface area (Å²) in [6.07, 6.45) is -0.0166. The van der Waals surface area contributed by atoms with Crippen LogP contribution in [0.25, 0.3) is 16.6 Å². The summed E-state index contributed by atoms with van der Waals surface area (Å²) in [5, 5.41) is 21.2. The highest BCUT2D eigenvalue weighted by Crippen LogP contribution is 2.18. The normalized spacial score (nSPS) is 11.9. The lowest BCUT2D eigenvalue weighted by molar-refractivity contribution is -0.143. The molecule has 0 aliphatic carbocycles. The third-order valence-electron chi connectivity index (χ3n) is 3.91. The Balaban J connectivity index is 1.65. The third-order valence-corrected chi connectivity index (χ3v) is 4.79. The Labute approximate surface area is 158 Å². The first-order valence-electron chi connectivity index (χ1n) is 8.07. The molecule has 0 atom stereocenters. The number of H-pyrrole nitrogens is 1. The summed E-state index contributed by atoms with van der Waals surface area (Å²) in [5.41, 5.74) is 2.06. The Morgan fingerprint density at radius 3 is 2.89 bits per heavy atom. The van der Waals surface area contributed by atoms with E-state index in [-0.39, 0.29) is 29.2 Å². The number of fused-ring (bicyclic) bond motifs is 1. The molecule has 27 heavy (non-hydrogen) atoms. The highest BCUT2D eigenvalue weighted by molar-refractivity contribution is 7.07. The summed E-state index contributed by atoms with van der Waals surface area (Å²) in [6.45, 7) is 1.53. The van der Waals surface area contributed by atoms with Crippen LogP contribution in [0.1, 0.15) is 17.9 Å². The molecule has 0 saturated carbocycles. The van der Waals surface area contributed by atoms with Crippen molar-refractivity contribution in [1.82, 2.24) is 14.5 Å². The van der Waals surface area contributed by atoms with Crippen LogP contribution >= 0.6 is 11.3 Å². The number of nitrogens with zero attached hydrogens (tertiary/aromatic N) is 3. The molecule has 0 aliphatic heterocycles. The molecule has 0 saturated heterocycles. The van der Waals surface area contributed by atoms with E-state index >= 15 is 0 Å². The van der Waals surface area contributed by atoms with Crippen molar-refractivity contribution in [2.75, 3.05) is 6.61 Å². The number of thiazole rings is 1. The van der Waals surface area contributed by atoms with Crippen LogP contribution in [0.4, 0.5) is 0 Å². The smallest absolute Gasteiger partial charge is 0.308 e. The first-order valence-corrected chi connectivity index (χ1v) is 8.95. The number of esters is 1. The number of ether oxygens (including phenoxy) is 1. The van der Waals surface area contributed by atoms with Gasteiger partial charge in [0.05, 0.1) is 17.5 Å². The number of benzene rings is 1. The van der Waals surface area contributed by atoms with Gasteiger partial charge >= 0.3 is 10.8 Å². The van der Waals surface area contributed by atoms with Crippen molar-refractivity contribution in [1.29, 1.82) is 5.26 Å². The summed E-state index contributed by atoms with van der Waals surface area (Å²) in [5.74, 6) is -0.776. The van der Waals surface area contributed by atoms with Gasteiger partial charge in [0.15, 0.2) is 11.6 Å². The average Bonchev–Trinajstić information content (AvgIpc) is 3.22. The molecule has 2 N–H and O–H groups in total. The van der Waals surface area contributed by atoms with Crippen LogP contribution in [0.15, 0.2) is 40.2 Å². The molecular weight excluding hydrogens is 368 g/mol. The molecule has 0 radical (unpaired) electrons. The number of carbonyl (C=O) groups is 1. The number of para-hydroxylation sites is 2. The van der Waals surface area contributed by atoms with Gasteiger partial charge in [-0.1, -0.05) is 23.5 Å². The number of aryl methyl sites for hydroxylation is 1. The van der Waals surface area contributed by atoms with Crippen LogP contribution in [0.2, 0.25) is 0 Å². The SMILES string of the molecule is Cc1csc(=O)n1CCC(=O)OCC(O)=C(C#N)c1nc2ccccc2[nH]1. The molecule has 0 unspecified atom stereocenters. The third kappa shape index (κ3) is 4.07. The zero-order chi connectivity index (χ0) is 19.4. The molecule has 8 nitrogen and oxygen atoms in total. The minimum Gasteiger partial charge on any atom is -0.507 e. The van der Waals surface area contributed by atoms with Gasteiger partial charge in [-0.2, -0.15) is 5.26 Å². The van der Waals surface area contributed by atoms with Gasteiger partial charge in [-0.3, -0.25) is 9.59 Å². The number of hydrogen-bond donors (Lipinski definition) is 2. The van der Waals surface area contributed by atoms with Crippen LogP contribution in [-0.2, 0) is 16.1 Å². The van der Waals surface area contributed by atoms with E-state index in [0.717, 1.165) is 22.5 Å². The van der Waals surface area contributed by atoms with Crippen molar-refractivity contribution >= 4 is 33.9 Å². The molecule has 3 aromatic rings. The largest absolute Gasteiger partial charge is 0.507 e. The number of aliphatic hydroxyl groups is 1. The Morgan fingerprint density at radius 2 is 2.22 bits per heavy atom. The maximum absolute atomic E-state index is 11.9. The molecule has 0 bridgehead atoms. The fourth-order valence-corrected chi connectivity index (χ4v) is 3.26. The Bertz CT molecular complexity index is 1080. The Kier molecular flexibility index (Phi) is 5.38. The molecule has 0 aliphatic rings. The molecule has 0 amide bonds. The number of aromatic amines is 1. The number of carbonyl (C=O) groups excluding carboxylic acids is 1. The number of aromatic nitrogens is 3. The van der Waals surface area contributed by atoms with E-state index in [1.165, 1.54) is 4.57 Å². The molecule has 9 heteroatoms. The Morgan fingerprint density at radius 1 is 1.44 bits per heavy atom. The first kappa shape index (κ1) is 18.4. The zero-order valence-corrected chi connectivity index (χ0v) is 15.2. The van der Waals surface area contributed by atoms with Gasteiger partial charge in [0, 0.05) is 17.6 Å². The van der Waals surface area contributed by atoms with Gasteiger partial charge in [0.25, 0.3) is 0 Å². The Hall–Kier alpha value is -3.38. The lowest BCUT2D eigenvalue weighted by Gasteiger charge is -2.06. The second kappa shape index (κ2) is 7.88. The minimum absolute atomic E-state index is 0.0166. The second-order valence-corrected chi connectivity index (χ2v) is 6.56. The maximum Gasteiger partial charge on any atom is 0.308 e. The van der Waals surface area contributed by atoms with E-state index in [4.69, 9.17) is 4.74 Å². The fourth-order valence-electron chi connectivity index (χ4n) is 2.50. The molecule has 2 heterocycles. The maximum atomic E-state index is 11.9. The summed E-state index contributed by atoms with van der Waals surface area (Å²) >= 11 is 1.07. The van der Waals surface area contributed by atoms with Crippen molar-refractivity contribution in [3.8, 4) is 6.07 Å². The number of hydrogen-bond acceptors (Lipinski definition) is 7. The molecule has 1 aromatic carbocycles. The standard InChI is InChI=1S/C18H16N4O4S/c1-11-10-27-18(25)22(11)7-6-16(24)26-9-15(23)12(8-19)17-20-13-4-2-3-5-14(13)21-17/h2-5,10,23H,6-7,9H2,1H3,(H,20,21). The first-order chi connectivity index (χ1) is 13.0. The summed E-state index contributed by atoms with van der Waals surface area (Å²) in [4.78, 5) is 30.5. The summed E-state index contributed by atoms with van der Waals surface area (Å²) in [6, 6.07) is 9.08. The number of nitrogens with one attached hydrogen (secondary N) is 1. The molecule has 2 aromatic heterocycles. The van der Waals surface area contributed by atoms with Gasteiger partial charge in [0.1, 0.15) is 18.2 Å². The van der Waals surface area contributed by atoms with Crippen molar-refractivity contribution in [3.63, 3.8) is 0 Å². The summed E-state index contributed by atoms with van der Waals surface area (Å²) < 4.78 is 6.49. The van der Waals surface area contributed by atoms with E-state index in [9.17, 15) is 20.0 Å². The minimum atomic E-state index is -0.582. The van der Waals surface area contributed by atoms with Gasteiger partial charge in [0.2, 0.25) is 0 Å². The van der Waals surface area contributed by atoms with Gasteiger partial charge in [-0.05, 0) is 19.1 Å². The number of nitriles is 1. The average molecular weight is 384 g/mol. The zero-order valence-electron chi connectivity index (χ0n) is 14.4. The summed E-state index contributed by atoms with van der Waals surface area (Å²) in [7, 11) is 0. The predicted octanol–water partition coefficient (Wildman–Crippen LogP) is 2.52. The molecule has 0 fully saturated rings. The van der Waals surface area contributed by atoms with Crippen molar-refractivity contribution in [2.24, 2.45) is 0 Å². The predicted molar refractivity (Wildman–Crippen MR) is 100 cm³/mol. The fraction of sp³-hybridized carbons (Fsp3) is 0.222.